The van der Waals surface area contributed by atoms with Gasteiger partial charge in [-0.2, -0.15) is 0 Å². The number of hydrogen-bond acceptors (Lipinski definition) is 4. The largest absolute Gasteiger partial charge is 0.467 e. The molecule has 5 nitrogen and oxygen atoms in total. The Balaban J connectivity index is 1.84. The number of nitrogens with two attached hydrogens (primary N) is 1. The fraction of sp³-hybridized carbons (Fsp3) is 0.231. The smallest absolute Gasteiger partial charge is 0.328 e. The van der Waals surface area contributed by atoms with Gasteiger partial charge in [-0.25, -0.2) is 9.59 Å². The molecule has 0 radical (unpaired) electrons. The molecule has 0 spiro atoms. The van der Waals surface area contributed by atoms with Crippen molar-refractivity contribution in [1.82, 2.24) is 4.90 Å². The van der Waals surface area contributed by atoms with Gasteiger partial charge in [0.2, 0.25) is 0 Å². The molecule has 6 heteroatoms. The zero-order chi connectivity index (χ0) is 22.6. The van der Waals surface area contributed by atoms with E-state index in [1.165, 1.54) is 12.0 Å². The molecule has 3 aromatic rings. The van der Waals surface area contributed by atoms with Gasteiger partial charge in [0, 0.05) is 11.8 Å². The molecule has 1 aliphatic rings. The van der Waals surface area contributed by atoms with Crippen molar-refractivity contribution < 1.29 is 14.3 Å². The molecule has 164 valence electrons. The van der Waals surface area contributed by atoms with Crippen molar-refractivity contribution >= 4 is 23.8 Å². The number of methoxy groups -OCH3 is 1. The van der Waals surface area contributed by atoms with E-state index in [1.807, 2.05) is 54.6 Å². The second-order valence-electron chi connectivity index (χ2n) is 7.78. The normalized spacial score (nSPS) is 18.3. The number of rotatable bonds is 6. The van der Waals surface area contributed by atoms with E-state index in [4.69, 9.17) is 10.5 Å². The summed E-state index contributed by atoms with van der Waals surface area (Å²) in [6.45, 7) is 0.383. The molecule has 1 fully saturated rings. The van der Waals surface area contributed by atoms with E-state index in [1.54, 1.807) is 11.8 Å². The van der Waals surface area contributed by atoms with Crippen molar-refractivity contribution in [3.63, 3.8) is 0 Å². The predicted octanol–water partition coefficient (Wildman–Crippen LogP) is 4.41. The maximum absolute atomic E-state index is 12.4. The molecule has 0 saturated carbocycles. The quantitative estimate of drug-likeness (QED) is 0.450. The molecule has 32 heavy (non-hydrogen) atoms. The summed E-state index contributed by atoms with van der Waals surface area (Å²) in [6, 6.07) is 29.8. The molecule has 0 unspecified atom stereocenters. The molecule has 0 aliphatic carbocycles. The summed E-state index contributed by atoms with van der Waals surface area (Å²) < 4.78 is 4.42. The van der Waals surface area contributed by atoms with Crippen LogP contribution in [-0.2, 0) is 14.3 Å². The topological polar surface area (TPSA) is 72.6 Å². The van der Waals surface area contributed by atoms with Crippen LogP contribution in [-0.4, -0.2) is 41.8 Å². The Labute approximate surface area is 192 Å². The molecule has 0 aromatic heterocycles. The molecule has 3 aromatic carbocycles. The van der Waals surface area contributed by atoms with Crippen molar-refractivity contribution in [3.05, 3.63) is 108 Å². The van der Waals surface area contributed by atoms with E-state index in [2.05, 4.69) is 36.4 Å². The van der Waals surface area contributed by atoms with Crippen LogP contribution < -0.4 is 5.73 Å². The van der Waals surface area contributed by atoms with Crippen molar-refractivity contribution in [2.45, 2.75) is 22.5 Å². The Kier molecular flexibility index (Phi) is 6.51. The summed E-state index contributed by atoms with van der Waals surface area (Å²) >= 11 is 1.75. The summed E-state index contributed by atoms with van der Waals surface area (Å²) in [5, 5.41) is -0.0211. The Hall–Kier alpha value is -3.25. The van der Waals surface area contributed by atoms with Crippen molar-refractivity contribution in [2.75, 3.05) is 13.7 Å². The number of hydrogen-bond donors (Lipinski definition) is 1. The van der Waals surface area contributed by atoms with Crippen LogP contribution in [0.25, 0.3) is 0 Å². The molecule has 4 rings (SSSR count). The lowest BCUT2D eigenvalue weighted by Crippen LogP contribution is -2.44. The highest BCUT2D eigenvalue weighted by Crippen LogP contribution is 2.52. The first-order chi connectivity index (χ1) is 15.6. The molecule has 2 N–H and O–H groups in total. The standard InChI is InChI=1S/C26H26N2O3S/c1-31-24(29)23-17-22(18-28(23)25(27)30)32-26(19-11-5-2-6-12-19,20-13-7-3-8-14-20)21-15-9-4-10-16-21/h2-16,22-23H,17-18H2,1H3,(H2,27,30)/t22-,23+/m1/s1. The van der Waals surface area contributed by atoms with E-state index in [9.17, 15) is 9.59 Å². The Morgan fingerprint density at radius 2 is 1.31 bits per heavy atom. The molecule has 1 saturated heterocycles. The zero-order valence-electron chi connectivity index (χ0n) is 17.9. The van der Waals surface area contributed by atoms with Crippen LogP contribution in [0.1, 0.15) is 23.1 Å². The number of urea groups is 1. The van der Waals surface area contributed by atoms with Gasteiger partial charge in [-0.3, -0.25) is 0 Å². The molecule has 2 amide bonds. The fourth-order valence-electron chi connectivity index (χ4n) is 4.46. The van der Waals surface area contributed by atoms with E-state index in [-0.39, 0.29) is 5.25 Å². The van der Waals surface area contributed by atoms with Gasteiger partial charge in [0.15, 0.2) is 0 Å². The molecule has 1 heterocycles. The third-order valence-corrected chi connectivity index (χ3v) is 7.64. The minimum Gasteiger partial charge on any atom is -0.467 e. The highest BCUT2D eigenvalue weighted by Gasteiger charge is 2.46. The first-order valence-corrected chi connectivity index (χ1v) is 11.4. The van der Waals surface area contributed by atoms with Gasteiger partial charge in [0.1, 0.15) is 6.04 Å². The minimum absolute atomic E-state index is 0.0211. The van der Waals surface area contributed by atoms with Gasteiger partial charge < -0.3 is 15.4 Å². The summed E-state index contributed by atoms with van der Waals surface area (Å²) in [7, 11) is 1.34. The second-order valence-corrected chi connectivity index (χ2v) is 9.30. The molecule has 1 aliphatic heterocycles. The number of nitrogens with zero attached hydrogens (tertiary/aromatic N) is 1. The second kappa shape index (κ2) is 9.49. The van der Waals surface area contributed by atoms with Gasteiger partial charge >= 0.3 is 12.0 Å². The lowest BCUT2D eigenvalue weighted by atomic mass is 9.84. The molecule has 0 bridgehead atoms. The van der Waals surface area contributed by atoms with Gasteiger partial charge in [-0.15, -0.1) is 11.8 Å². The minimum atomic E-state index is -0.671. The number of thioether (sulfide) groups is 1. The number of ether oxygens (including phenoxy) is 1. The van der Waals surface area contributed by atoms with Crippen molar-refractivity contribution in [3.8, 4) is 0 Å². The number of primary amides is 1. The van der Waals surface area contributed by atoms with Crippen molar-refractivity contribution in [1.29, 1.82) is 0 Å². The zero-order valence-corrected chi connectivity index (χ0v) is 18.7. The van der Waals surface area contributed by atoms with Crippen LogP contribution in [0.15, 0.2) is 91.0 Å². The maximum atomic E-state index is 12.4. The summed E-state index contributed by atoms with van der Waals surface area (Å²) in [4.78, 5) is 25.9. The van der Waals surface area contributed by atoms with Crippen LogP contribution in [0.4, 0.5) is 4.79 Å². The average Bonchev–Trinajstić information content (AvgIpc) is 3.28. The van der Waals surface area contributed by atoms with Crippen LogP contribution in [0.2, 0.25) is 0 Å². The molecular formula is C26H26N2O3S. The highest BCUT2D eigenvalue weighted by atomic mass is 32.2. The molecular weight excluding hydrogens is 420 g/mol. The SMILES string of the molecule is COC(=O)[C@@H]1C[C@@H](SC(c2ccccc2)(c2ccccc2)c2ccccc2)CN1C(N)=O. The van der Waals surface area contributed by atoms with E-state index >= 15 is 0 Å². The fourth-order valence-corrected chi connectivity index (χ4v) is 6.29. The number of benzene rings is 3. The maximum Gasteiger partial charge on any atom is 0.328 e. The lowest BCUT2D eigenvalue weighted by Gasteiger charge is -2.37. The van der Waals surface area contributed by atoms with E-state index < -0.39 is 22.8 Å². The van der Waals surface area contributed by atoms with E-state index in [0.29, 0.717) is 13.0 Å². The average molecular weight is 447 g/mol. The van der Waals surface area contributed by atoms with E-state index in [0.717, 1.165) is 16.7 Å². The predicted molar refractivity (Wildman–Crippen MR) is 127 cm³/mol. The van der Waals surface area contributed by atoms with Gasteiger partial charge in [-0.05, 0) is 23.1 Å². The first kappa shape index (κ1) is 22.0. The molecule has 2 atom stereocenters. The van der Waals surface area contributed by atoms with Gasteiger partial charge in [-0.1, -0.05) is 91.0 Å². The Morgan fingerprint density at radius 3 is 1.69 bits per heavy atom. The van der Waals surface area contributed by atoms with Crippen LogP contribution >= 0.6 is 11.8 Å². The van der Waals surface area contributed by atoms with Gasteiger partial charge in [0.05, 0.1) is 11.9 Å². The third-order valence-electron chi connectivity index (χ3n) is 5.90. The number of carbonyl (C=O) groups excluding carboxylic acids is 2. The lowest BCUT2D eigenvalue weighted by molar-refractivity contribution is -0.144. The Morgan fingerprint density at radius 1 is 0.875 bits per heavy atom. The number of amides is 2. The third kappa shape index (κ3) is 4.10. The number of esters is 1. The monoisotopic (exact) mass is 446 g/mol. The van der Waals surface area contributed by atoms with Crippen LogP contribution in [0.3, 0.4) is 0 Å². The van der Waals surface area contributed by atoms with Gasteiger partial charge in [0.25, 0.3) is 0 Å². The van der Waals surface area contributed by atoms with Crippen LogP contribution in [0, 0.1) is 0 Å². The first-order valence-electron chi connectivity index (χ1n) is 10.5. The summed E-state index contributed by atoms with van der Waals surface area (Å²) in [6.07, 6.45) is 0.481. The number of carbonyl (C=O) groups is 2. The van der Waals surface area contributed by atoms with Crippen molar-refractivity contribution in [2.24, 2.45) is 5.73 Å². The van der Waals surface area contributed by atoms with Crippen LogP contribution in [0.5, 0.6) is 0 Å². The number of likely N-dealkylation sites (tertiary alicyclic amines) is 1. The Bertz CT molecular complexity index is 964. The highest BCUT2D eigenvalue weighted by molar-refractivity contribution is 8.01. The summed E-state index contributed by atoms with van der Waals surface area (Å²) in [5.74, 6) is -0.434. The summed E-state index contributed by atoms with van der Waals surface area (Å²) in [5.41, 5.74) is 9.01.